The lowest BCUT2D eigenvalue weighted by Crippen LogP contribution is -2.17. The Labute approximate surface area is 196 Å². The summed E-state index contributed by atoms with van der Waals surface area (Å²) in [5.74, 6) is -0.0967. The van der Waals surface area contributed by atoms with E-state index in [-0.39, 0.29) is 11.9 Å². The van der Waals surface area contributed by atoms with Crippen LogP contribution in [0.5, 0.6) is 5.88 Å². The summed E-state index contributed by atoms with van der Waals surface area (Å²) in [6, 6.07) is 14.9. The van der Waals surface area contributed by atoms with Crippen molar-refractivity contribution in [2.24, 2.45) is 0 Å². The number of imidazole rings is 1. The number of H-pyrrole nitrogens is 1. The SMILES string of the molecule is CCc1nn(C(C)c2ccc(Cl)c(Cl)c2)c(OC(=O)c2ncc(C)[nH]2)c1-c1ccccc1. The van der Waals surface area contributed by atoms with Gasteiger partial charge in [0.2, 0.25) is 11.7 Å². The number of ether oxygens (including phenoxy) is 1. The number of rotatable bonds is 6. The first kappa shape index (κ1) is 22.1. The van der Waals surface area contributed by atoms with Gasteiger partial charge in [0.05, 0.1) is 27.3 Å². The number of carbonyl (C=O) groups is 1. The molecule has 0 fully saturated rings. The minimum Gasteiger partial charge on any atom is -0.401 e. The van der Waals surface area contributed by atoms with Crippen molar-refractivity contribution in [2.75, 3.05) is 0 Å². The Hall–Kier alpha value is -3.09. The molecule has 4 aromatic rings. The lowest BCUT2D eigenvalue weighted by atomic mass is 10.0. The van der Waals surface area contributed by atoms with E-state index in [0.717, 1.165) is 28.1 Å². The van der Waals surface area contributed by atoms with Crippen LogP contribution in [0.1, 0.15) is 47.5 Å². The van der Waals surface area contributed by atoms with E-state index in [4.69, 9.17) is 33.0 Å². The van der Waals surface area contributed by atoms with E-state index in [2.05, 4.69) is 9.97 Å². The zero-order valence-corrected chi connectivity index (χ0v) is 19.4. The van der Waals surface area contributed by atoms with Crippen molar-refractivity contribution in [3.63, 3.8) is 0 Å². The van der Waals surface area contributed by atoms with Gasteiger partial charge in [-0.3, -0.25) is 0 Å². The van der Waals surface area contributed by atoms with Crippen LogP contribution in [0, 0.1) is 6.92 Å². The van der Waals surface area contributed by atoms with Crippen molar-refractivity contribution < 1.29 is 9.53 Å². The molecule has 8 heteroatoms. The lowest BCUT2D eigenvalue weighted by Gasteiger charge is -2.17. The molecule has 6 nitrogen and oxygen atoms in total. The van der Waals surface area contributed by atoms with Gasteiger partial charge in [-0.15, -0.1) is 0 Å². The molecular weight excluding hydrogens is 447 g/mol. The molecule has 2 aromatic carbocycles. The Morgan fingerprint density at radius 2 is 1.91 bits per heavy atom. The van der Waals surface area contributed by atoms with Gasteiger partial charge in [-0.05, 0) is 43.5 Å². The summed E-state index contributed by atoms with van der Waals surface area (Å²) in [4.78, 5) is 19.9. The van der Waals surface area contributed by atoms with Crippen LogP contribution in [-0.2, 0) is 6.42 Å². The average Bonchev–Trinajstić information content (AvgIpc) is 3.39. The molecule has 0 saturated carbocycles. The van der Waals surface area contributed by atoms with Crippen molar-refractivity contribution in [3.05, 3.63) is 87.5 Å². The standard InChI is InChI=1S/C24H22Cl2N4O2/c1-4-20-21(16-8-6-5-7-9-16)23(32-24(31)22-27-13-14(2)28-22)30(29-20)15(3)17-10-11-18(25)19(26)12-17/h5-13,15H,4H2,1-3H3,(H,27,28). The molecule has 0 saturated heterocycles. The summed E-state index contributed by atoms with van der Waals surface area (Å²) in [6.07, 6.45) is 2.25. The van der Waals surface area contributed by atoms with E-state index in [1.807, 2.05) is 57.2 Å². The largest absolute Gasteiger partial charge is 0.401 e. The highest BCUT2D eigenvalue weighted by molar-refractivity contribution is 6.42. The third kappa shape index (κ3) is 4.29. The first-order valence-electron chi connectivity index (χ1n) is 10.2. The van der Waals surface area contributed by atoms with Crippen LogP contribution in [0.25, 0.3) is 11.1 Å². The number of carbonyl (C=O) groups excluding carboxylic acids is 1. The highest BCUT2D eigenvalue weighted by Gasteiger charge is 2.27. The van der Waals surface area contributed by atoms with Crippen LogP contribution in [0.15, 0.2) is 54.7 Å². The second-order valence-corrected chi connectivity index (χ2v) is 8.26. The topological polar surface area (TPSA) is 72.8 Å². The van der Waals surface area contributed by atoms with E-state index in [9.17, 15) is 4.79 Å². The van der Waals surface area contributed by atoms with Crippen molar-refractivity contribution in [3.8, 4) is 17.0 Å². The smallest absolute Gasteiger partial charge is 0.381 e. The van der Waals surface area contributed by atoms with Gasteiger partial charge in [0.25, 0.3) is 0 Å². The fraction of sp³-hybridized carbons (Fsp3) is 0.208. The van der Waals surface area contributed by atoms with Crippen molar-refractivity contribution >= 4 is 29.2 Å². The third-order valence-electron chi connectivity index (χ3n) is 5.21. The van der Waals surface area contributed by atoms with Crippen LogP contribution < -0.4 is 4.74 Å². The van der Waals surface area contributed by atoms with Gasteiger partial charge in [-0.25, -0.2) is 14.5 Å². The zero-order chi connectivity index (χ0) is 22.8. The Morgan fingerprint density at radius 1 is 1.16 bits per heavy atom. The van der Waals surface area contributed by atoms with Gasteiger partial charge in [0.1, 0.15) is 0 Å². The molecule has 164 valence electrons. The Kier molecular flexibility index (Phi) is 6.35. The zero-order valence-electron chi connectivity index (χ0n) is 17.9. The second-order valence-electron chi connectivity index (χ2n) is 7.44. The van der Waals surface area contributed by atoms with Crippen molar-refractivity contribution in [1.29, 1.82) is 0 Å². The third-order valence-corrected chi connectivity index (χ3v) is 5.95. The summed E-state index contributed by atoms with van der Waals surface area (Å²) in [7, 11) is 0. The molecule has 2 aromatic heterocycles. The highest BCUT2D eigenvalue weighted by atomic mass is 35.5. The molecular formula is C24H22Cl2N4O2. The van der Waals surface area contributed by atoms with E-state index in [1.54, 1.807) is 23.0 Å². The summed E-state index contributed by atoms with van der Waals surface area (Å²) in [5.41, 5.74) is 4.16. The van der Waals surface area contributed by atoms with Crippen LogP contribution in [-0.4, -0.2) is 25.7 Å². The maximum absolute atomic E-state index is 12.9. The maximum atomic E-state index is 12.9. The van der Waals surface area contributed by atoms with Gasteiger partial charge in [0, 0.05) is 11.9 Å². The second kappa shape index (κ2) is 9.18. The predicted molar refractivity (Wildman–Crippen MR) is 126 cm³/mol. The minimum atomic E-state index is -0.583. The molecule has 2 heterocycles. The Balaban J connectivity index is 1.86. The predicted octanol–water partition coefficient (Wildman–Crippen LogP) is 6.28. The normalized spacial score (nSPS) is 12.0. The van der Waals surface area contributed by atoms with Crippen LogP contribution in [0.3, 0.4) is 0 Å². The van der Waals surface area contributed by atoms with Gasteiger partial charge in [-0.2, -0.15) is 5.10 Å². The van der Waals surface area contributed by atoms with E-state index < -0.39 is 5.97 Å². The van der Waals surface area contributed by atoms with Gasteiger partial charge < -0.3 is 9.72 Å². The average molecular weight is 469 g/mol. The van der Waals surface area contributed by atoms with E-state index >= 15 is 0 Å². The number of esters is 1. The molecule has 0 aliphatic rings. The number of aromatic nitrogens is 4. The lowest BCUT2D eigenvalue weighted by molar-refractivity contribution is 0.0706. The number of hydrogen-bond donors (Lipinski definition) is 1. The summed E-state index contributed by atoms with van der Waals surface area (Å²) in [5, 5.41) is 5.74. The Morgan fingerprint density at radius 3 is 2.53 bits per heavy atom. The number of nitrogens with zero attached hydrogens (tertiary/aromatic N) is 3. The van der Waals surface area contributed by atoms with Crippen LogP contribution in [0.2, 0.25) is 10.0 Å². The van der Waals surface area contributed by atoms with Gasteiger partial charge in [-0.1, -0.05) is 66.5 Å². The highest BCUT2D eigenvalue weighted by Crippen LogP contribution is 2.38. The quantitative estimate of drug-likeness (QED) is 0.338. The number of aryl methyl sites for hydroxylation is 2. The monoisotopic (exact) mass is 468 g/mol. The summed E-state index contributed by atoms with van der Waals surface area (Å²) >= 11 is 12.4. The first-order chi connectivity index (χ1) is 15.4. The number of halogens is 2. The van der Waals surface area contributed by atoms with Gasteiger partial charge in [0.15, 0.2) is 0 Å². The molecule has 0 aliphatic carbocycles. The maximum Gasteiger partial charge on any atom is 0.381 e. The summed E-state index contributed by atoms with van der Waals surface area (Å²) < 4.78 is 7.63. The number of nitrogens with one attached hydrogen (secondary N) is 1. The molecule has 1 unspecified atom stereocenters. The molecule has 0 radical (unpaired) electrons. The number of benzene rings is 2. The Bertz CT molecular complexity index is 1260. The fourth-order valence-corrected chi connectivity index (χ4v) is 3.84. The minimum absolute atomic E-state index is 0.134. The summed E-state index contributed by atoms with van der Waals surface area (Å²) in [6.45, 7) is 5.81. The molecule has 1 atom stereocenters. The van der Waals surface area contributed by atoms with E-state index in [0.29, 0.717) is 22.3 Å². The van der Waals surface area contributed by atoms with Crippen LogP contribution >= 0.6 is 23.2 Å². The van der Waals surface area contributed by atoms with Gasteiger partial charge >= 0.3 is 5.97 Å². The molecule has 0 aliphatic heterocycles. The number of aromatic amines is 1. The van der Waals surface area contributed by atoms with Crippen molar-refractivity contribution in [2.45, 2.75) is 33.2 Å². The van der Waals surface area contributed by atoms with Crippen molar-refractivity contribution in [1.82, 2.24) is 19.7 Å². The molecule has 0 amide bonds. The first-order valence-corrected chi connectivity index (χ1v) is 11.0. The molecule has 4 rings (SSSR count). The molecule has 0 bridgehead atoms. The van der Waals surface area contributed by atoms with Crippen LogP contribution in [0.4, 0.5) is 0 Å². The molecule has 0 spiro atoms. The molecule has 32 heavy (non-hydrogen) atoms. The number of hydrogen-bond acceptors (Lipinski definition) is 4. The molecule has 1 N–H and O–H groups in total. The van der Waals surface area contributed by atoms with E-state index in [1.165, 1.54) is 0 Å². The fourth-order valence-electron chi connectivity index (χ4n) is 3.53.